The molecule has 4 rings (SSSR count). The molecule has 1 unspecified atom stereocenters. The predicted octanol–water partition coefficient (Wildman–Crippen LogP) is 0.453. The van der Waals surface area contributed by atoms with Crippen molar-refractivity contribution >= 4 is 11.7 Å². The normalized spacial score (nSPS) is 21.0. The maximum absolute atomic E-state index is 13.1. The fourth-order valence-electron chi connectivity index (χ4n) is 3.75. The minimum atomic E-state index is -0.152. The van der Waals surface area contributed by atoms with Gasteiger partial charge in [-0.25, -0.2) is 4.98 Å². The largest absolute Gasteiger partial charge is 0.353 e. The lowest BCUT2D eigenvalue weighted by Gasteiger charge is -2.40. The number of amides is 1. The molecule has 1 amide bonds. The highest BCUT2D eigenvalue weighted by molar-refractivity contribution is 5.82. The van der Waals surface area contributed by atoms with Crippen molar-refractivity contribution in [1.82, 2.24) is 29.5 Å². The van der Waals surface area contributed by atoms with E-state index in [0.29, 0.717) is 13.1 Å². The summed E-state index contributed by atoms with van der Waals surface area (Å²) in [4.78, 5) is 23.9. The van der Waals surface area contributed by atoms with Gasteiger partial charge in [0.1, 0.15) is 23.5 Å². The van der Waals surface area contributed by atoms with E-state index in [1.807, 2.05) is 31.1 Å². The van der Waals surface area contributed by atoms with Crippen LogP contribution in [0.25, 0.3) is 0 Å². The molecule has 1 fully saturated rings. The molecule has 8 nitrogen and oxygen atoms in total. The lowest BCUT2D eigenvalue weighted by molar-refractivity contribution is -0.138. The monoisotopic (exact) mass is 355 g/mol. The molecule has 4 heterocycles. The van der Waals surface area contributed by atoms with Gasteiger partial charge in [0.15, 0.2) is 0 Å². The maximum atomic E-state index is 13.1. The number of carbonyl (C=O) groups is 1. The number of anilines is 1. The van der Waals surface area contributed by atoms with Crippen LogP contribution in [0.15, 0.2) is 18.3 Å². The number of piperazine rings is 1. The van der Waals surface area contributed by atoms with Crippen LogP contribution >= 0.6 is 0 Å². The first-order valence-electron chi connectivity index (χ1n) is 9.08. The fraction of sp³-hybridized carbons (Fsp3) is 0.556. The van der Waals surface area contributed by atoms with E-state index in [-0.39, 0.29) is 11.9 Å². The third kappa shape index (κ3) is 3.05. The zero-order valence-corrected chi connectivity index (χ0v) is 15.6. The van der Waals surface area contributed by atoms with Gasteiger partial charge in [-0.3, -0.25) is 9.69 Å². The van der Waals surface area contributed by atoms with Gasteiger partial charge >= 0.3 is 0 Å². The number of hydrogen-bond donors (Lipinski definition) is 0. The van der Waals surface area contributed by atoms with E-state index in [1.54, 1.807) is 0 Å². The van der Waals surface area contributed by atoms with Crippen LogP contribution in [0.5, 0.6) is 0 Å². The molecule has 2 aromatic rings. The van der Waals surface area contributed by atoms with Crippen molar-refractivity contribution in [3.05, 3.63) is 35.5 Å². The second kappa shape index (κ2) is 6.68. The van der Waals surface area contributed by atoms with Crippen molar-refractivity contribution in [2.75, 3.05) is 38.1 Å². The van der Waals surface area contributed by atoms with Crippen LogP contribution in [0.1, 0.15) is 17.2 Å². The molecule has 1 atom stereocenters. The highest BCUT2D eigenvalue weighted by Crippen LogP contribution is 2.20. The topological polar surface area (TPSA) is 70.4 Å². The number of pyridine rings is 1. The van der Waals surface area contributed by atoms with Crippen molar-refractivity contribution in [3.63, 3.8) is 0 Å². The van der Waals surface area contributed by atoms with Crippen molar-refractivity contribution in [1.29, 1.82) is 0 Å². The van der Waals surface area contributed by atoms with Gasteiger partial charge in [0.05, 0.1) is 13.1 Å². The highest BCUT2D eigenvalue weighted by atomic mass is 16.2. The summed E-state index contributed by atoms with van der Waals surface area (Å²) >= 11 is 0. The zero-order valence-electron chi connectivity index (χ0n) is 15.6. The maximum Gasteiger partial charge on any atom is 0.241 e. The van der Waals surface area contributed by atoms with E-state index in [0.717, 1.165) is 43.6 Å². The Morgan fingerprint density at radius 1 is 1.15 bits per heavy atom. The molecule has 2 aliphatic heterocycles. The van der Waals surface area contributed by atoms with E-state index in [9.17, 15) is 4.79 Å². The standard InChI is InChI=1S/C18H25N7O/c1-13-4-5-19-16(10-13)23-6-8-24(9-7-23)18(26)15-11-25-14(2)20-21-17(25)12-22(15)3/h4-5,10,15H,6-9,11-12H2,1-3H3. The summed E-state index contributed by atoms with van der Waals surface area (Å²) in [6.07, 6.45) is 1.85. The molecular formula is C18H25N7O. The number of hydrogen-bond acceptors (Lipinski definition) is 6. The molecule has 0 saturated carbocycles. The van der Waals surface area contributed by atoms with E-state index >= 15 is 0 Å². The molecule has 0 spiro atoms. The molecule has 0 aliphatic carbocycles. The Hall–Kier alpha value is -2.48. The minimum absolute atomic E-state index is 0.152. The van der Waals surface area contributed by atoms with Gasteiger partial charge in [0.25, 0.3) is 0 Å². The Bertz CT molecular complexity index is 810. The quantitative estimate of drug-likeness (QED) is 0.779. The summed E-state index contributed by atoms with van der Waals surface area (Å²) in [5.41, 5.74) is 1.21. The number of nitrogens with zero attached hydrogens (tertiary/aromatic N) is 7. The zero-order chi connectivity index (χ0) is 18.3. The number of rotatable bonds is 2. The molecule has 26 heavy (non-hydrogen) atoms. The van der Waals surface area contributed by atoms with E-state index in [2.05, 4.69) is 42.5 Å². The highest BCUT2D eigenvalue weighted by Gasteiger charge is 2.35. The average Bonchev–Trinajstić information content (AvgIpc) is 3.00. The summed E-state index contributed by atoms with van der Waals surface area (Å²) < 4.78 is 2.06. The van der Waals surface area contributed by atoms with Crippen LogP contribution in [0.4, 0.5) is 5.82 Å². The van der Waals surface area contributed by atoms with Crippen molar-refractivity contribution in [2.24, 2.45) is 0 Å². The van der Waals surface area contributed by atoms with Gasteiger partial charge in [-0.1, -0.05) is 0 Å². The Morgan fingerprint density at radius 2 is 1.92 bits per heavy atom. The van der Waals surface area contributed by atoms with E-state index in [1.165, 1.54) is 5.56 Å². The number of aryl methyl sites for hydroxylation is 2. The van der Waals surface area contributed by atoms with Crippen LogP contribution < -0.4 is 4.90 Å². The third-order valence-electron chi connectivity index (χ3n) is 5.39. The molecule has 2 aliphatic rings. The first kappa shape index (κ1) is 17.0. The van der Waals surface area contributed by atoms with Crippen LogP contribution in [-0.4, -0.2) is 74.7 Å². The van der Waals surface area contributed by atoms with Crippen molar-refractivity contribution in [2.45, 2.75) is 33.0 Å². The summed E-state index contributed by atoms with van der Waals surface area (Å²) in [6.45, 7) is 8.39. The second-order valence-electron chi connectivity index (χ2n) is 7.21. The van der Waals surface area contributed by atoms with Gasteiger partial charge in [0.2, 0.25) is 5.91 Å². The lowest BCUT2D eigenvalue weighted by atomic mass is 10.1. The van der Waals surface area contributed by atoms with Gasteiger partial charge in [-0.15, -0.1) is 10.2 Å². The number of fused-ring (bicyclic) bond motifs is 1. The van der Waals surface area contributed by atoms with Gasteiger partial charge in [-0.05, 0) is 38.6 Å². The molecular weight excluding hydrogens is 330 g/mol. The van der Waals surface area contributed by atoms with Crippen LogP contribution in [0.3, 0.4) is 0 Å². The van der Waals surface area contributed by atoms with Gasteiger partial charge < -0.3 is 14.4 Å². The van der Waals surface area contributed by atoms with Crippen molar-refractivity contribution in [3.8, 4) is 0 Å². The Balaban J connectivity index is 1.41. The minimum Gasteiger partial charge on any atom is -0.353 e. The first-order chi connectivity index (χ1) is 12.5. The SMILES string of the molecule is Cc1ccnc(N2CCN(C(=O)C3Cn4c(C)nnc4CN3C)CC2)c1. The van der Waals surface area contributed by atoms with Gasteiger partial charge in [-0.2, -0.15) is 0 Å². The average molecular weight is 355 g/mol. The van der Waals surface area contributed by atoms with Crippen molar-refractivity contribution < 1.29 is 4.79 Å². The first-order valence-corrected chi connectivity index (χ1v) is 9.08. The fourth-order valence-corrected chi connectivity index (χ4v) is 3.75. The molecule has 0 aromatic carbocycles. The third-order valence-corrected chi connectivity index (χ3v) is 5.39. The summed E-state index contributed by atoms with van der Waals surface area (Å²) in [7, 11) is 1.99. The van der Waals surface area contributed by atoms with Crippen LogP contribution in [0.2, 0.25) is 0 Å². The molecule has 138 valence electrons. The Kier molecular flexibility index (Phi) is 4.36. The van der Waals surface area contributed by atoms with Crippen LogP contribution in [-0.2, 0) is 17.9 Å². The number of carbonyl (C=O) groups excluding carboxylic acids is 1. The smallest absolute Gasteiger partial charge is 0.241 e. The van der Waals surface area contributed by atoms with Gasteiger partial charge in [0, 0.05) is 32.4 Å². The molecule has 1 saturated heterocycles. The molecule has 0 radical (unpaired) electrons. The number of likely N-dealkylation sites (N-methyl/N-ethyl adjacent to an activating group) is 1. The predicted molar refractivity (Wildman–Crippen MR) is 97.8 cm³/mol. The van der Waals surface area contributed by atoms with E-state index in [4.69, 9.17) is 0 Å². The second-order valence-corrected chi connectivity index (χ2v) is 7.21. The molecule has 0 bridgehead atoms. The Morgan fingerprint density at radius 3 is 2.65 bits per heavy atom. The molecule has 0 N–H and O–H groups in total. The number of aromatic nitrogens is 4. The molecule has 8 heteroatoms. The van der Waals surface area contributed by atoms with E-state index < -0.39 is 0 Å². The summed E-state index contributed by atoms with van der Waals surface area (Å²) in [5.74, 6) is 3.00. The molecule has 2 aromatic heterocycles. The van der Waals surface area contributed by atoms with Crippen LogP contribution in [0, 0.1) is 13.8 Å². The Labute approximate surface area is 153 Å². The summed E-state index contributed by atoms with van der Waals surface area (Å²) in [5, 5.41) is 8.33. The summed E-state index contributed by atoms with van der Waals surface area (Å²) in [6, 6.07) is 3.95. The lowest BCUT2D eigenvalue weighted by Crippen LogP contribution is -2.56.